The van der Waals surface area contributed by atoms with E-state index in [0.717, 1.165) is 16.7 Å². The van der Waals surface area contributed by atoms with Gasteiger partial charge in [0.2, 0.25) is 0 Å². The van der Waals surface area contributed by atoms with Gasteiger partial charge < -0.3 is 14.8 Å². The molecule has 0 atom stereocenters. The highest BCUT2D eigenvalue weighted by Gasteiger charge is 2.34. The van der Waals surface area contributed by atoms with Crippen molar-refractivity contribution in [3.05, 3.63) is 63.0 Å². The number of carbonyl (C=O) groups is 2. The van der Waals surface area contributed by atoms with Crippen molar-refractivity contribution < 1.29 is 24.0 Å². The van der Waals surface area contributed by atoms with Crippen LogP contribution < -0.4 is 14.8 Å². The summed E-state index contributed by atoms with van der Waals surface area (Å²) in [5.74, 6) is 0.611. The highest BCUT2D eigenvalue weighted by Crippen LogP contribution is 2.34. The number of nitro benzene ring substituents is 1. The molecule has 2 aromatic carbocycles. The number of anilines is 1. The lowest BCUT2D eigenvalue weighted by atomic mass is 10.2. The third kappa shape index (κ3) is 4.49. The number of nitrogens with one attached hydrogen (secondary N) is 1. The number of nitro groups is 1. The first-order valence-electron chi connectivity index (χ1n) is 8.38. The monoisotopic (exact) mass is 415 g/mol. The number of rotatable bonds is 7. The van der Waals surface area contributed by atoms with Crippen LogP contribution in [-0.4, -0.2) is 41.9 Å². The molecule has 0 bridgehead atoms. The zero-order chi connectivity index (χ0) is 21.0. The highest BCUT2D eigenvalue weighted by molar-refractivity contribution is 8.18. The Labute approximate surface area is 170 Å². The zero-order valence-corrected chi connectivity index (χ0v) is 16.4. The average molecular weight is 415 g/mol. The van der Waals surface area contributed by atoms with E-state index in [-0.39, 0.29) is 17.3 Å². The van der Waals surface area contributed by atoms with Crippen LogP contribution in [0.5, 0.6) is 11.5 Å². The molecule has 2 aromatic rings. The summed E-state index contributed by atoms with van der Waals surface area (Å²) in [4.78, 5) is 36.5. The van der Waals surface area contributed by atoms with Gasteiger partial charge in [0.1, 0.15) is 0 Å². The number of hydrogen-bond donors (Lipinski definition) is 1. The van der Waals surface area contributed by atoms with E-state index in [2.05, 4.69) is 5.32 Å². The molecule has 0 radical (unpaired) electrons. The number of nitrogens with zero attached hydrogens (tertiary/aromatic N) is 2. The average Bonchev–Trinajstić information content (AvgIpc) is 2.99. The van der Waals surface area contributed by atoms with Crippen LogP contribution in [0.4, 0.5) is 16.2 Å². The van der Waals surface area contributed by atoms with Gasteiger partial charge in [-0.15, -0.1) is 0 Å². The Morgan fingerprint density at radius 2 is 1.90 bits per heavy atom. The van der Waals surface area contributed by atoms with Crippen molar-refractivity contribution in [2.75, 3.05) is 26.2 Å². The number of non-ortho nitro benzene ring substituents is 1. The molecule has 0 unspecified atom stereocenters. The summed E-state index contributed by atoms with van der Waals surface area (Å²) in [6.07, 6.45) is 1.60. The largest absolute Gasteiger partial charge is 0.493 e. The van der Waals surface area contributed by atoms with Crippen LogP contribution in [0.15, 0.2) is 47.4 Å². The van der Waals surface area contributed by atoms with Crippen LogP contribution in [-0.2, 0) is 4.79 Å². The highest BCUT2D eigenvalue weighted by atomic mass is 32.2. The maximum atomic E-state index is 12.6. The van der Waals surface area contributed by atoms with Crippen molar-refractivity contribution in [3.63, 3.8) is 0 Å². The molecule has 2 amide bonds. The molecule has 0 aliphatic carbocycles. The molecule has 9 nitrogen and oxygen atoms in total. The summed E-state index contributed by atoms with van der Waals surface area (Å²) in [5.41, 5.74) is 1.03. The molecular formula is C19H17N3O6S. The SMILES string of the molecule is COc1ccc(/C=C2/SC(=O)N(CNc3cccc([N+](=O)[O-])c3)C2=O)cc1OC. The van der Waals surface area contributed by atoms with Gasteiger partial charge in [-0.05, 0) is 41.6 Å². The lowest BCUT2D eigenvalue weighted by Crippen LogP contribution is -2.33. The first-order valence-corrected chi connectivity index (χ1v) is 9.20. The molecule has 1 saturated heterocycles. The van der Waals surface area contributed by atoms with E-state index in [4.69, 9.17) is 9.47 Å². The second-order valence-electron chi connectivity index (χ2n) is 5.87. The zero-order valence-electron chi connectivity index (χ0n) is 15.6. The molecule has 0 spiro atoms. The van der Waals surface area contributed by atoms with Crippen LogP contribution in [0, 0.1) is 10.1 Å². The molecule has 3 rings (SSSR count). The fourth-order valence-corrected chi connectivity index (χ4v) is 3.47. The minimum absolute atomic E-state index is 0.0857. The smallest absolute Gasteiger partial charge is 0.295 e. The summed E-state index contributed by atoms with van der Waals surface area (Å²) in [6.45, 7) is -0.102. The van der Waals surface area contributed by atoms with Crippen LogP contribution in [0.1, 0.15) is 5.56 Å². The number of amides is 2. The summed E-state index contributed by atoms with van der Waals surface area (Å²) < 4.78 is 10.4. The molecule has 1 N–H and O–H groups in total. The van der Waals surface area contributed by atoms with Crippen molar-refractivity contribution in [2.24, 2.45) is 0 Å². The number of ether oxygens (including phenoxy) is 2. The van der Waals surface area contributed by atoms with Gasteiger partial charge in [0.25, 0.3) is 16.8 Å². The van der Waals surface area contributed by atoms with E-state index in [0.29, 0.717) is 22.7 Å². The molecule has 1 fully saturated rings. The maximum Gasteiger partial charge on any atom is 0.295 e. The molecule has 10 heteroatoms. The predicted octanol–water partition coefficient (Wildman–Crippen LogP) is 3.72. The topological polar surface area (TPSA) is 111 Å². The van der Waals surface area contributed by atoms with Gasteiger partial charge in [-0.3, -0.25) is 24.6 Å². The van der Waals surface area contributed by atoms with Crippen molar-refractivity contribution in [1.82, 2.24) is 4.90 Å². The van der Waals surface area contributed by atoms with Crippen LogP contribution in [0.3, 0.4) is 0 Å². The Hall–Kier alpha value is -3.53. The minimum Gasteiger partial charge on any atom is -0.493 e. The molecule has 0 aromatic heterocycles. The maximum absolute atomic E-state index is 12.6. The molecular weight excluding hydrogens is 398 g/mol. The normalized spacial score (nSPS) is 15.0. The van der Waals surface area contributed by atoms with E-state index in [9.17, 15) is 19.7 Å². The molecule has 29 heavy (non-hydrogen) atoms. The van der Waals surface area contributed by atoms with Crippen molar-refractivity contribution in [1.29, 1.82) is 0 Å². The number of hydrogen-bond acceptors (Lipinski definition) is 8. The Morgan fingerprint density at radius 1 is 1.14 bits per heavy atom. The Morgan fingerprint density at radius 3 is 2.59 bits per heavy atom. The second kappa shape index (κ2) is 8.65. The Kier molecular flexibility index (Phi) is 6.03. The van der Waals surface area contributed by atoms with E-state index < -0.39 is 16.1 Å². The quantitative estimate of drug-likeness (QED) is 0.414. The van der Waals surface area contributed by atoms with E-state index in [1.807, 2.05) is 0 Å². The van der Waals surface area contributed by atoms with E-state index >= 15 is 0 Å². The van der Waals surface area contributed by atoms with Gasteiger partial charge in [0.05, 0.1) is 30.7 Å². The first kappa shape index (κ1) is 20.2. The van der Waals surface area contributed by atoms with Gasteiger partial charge in [0.15, 0.2) is 11.5 Å². The fourth-order valence-electron chi connectivity index (χ4n) is 2.63. The van der Waals surface area contributed by atoms with Crippen molar-refractivity contribution in [2.45, 2.75) is 0 Å². The number of imide groups is 1. The molecule has 150 valence electrons. The standard InChI is InChI=1S/C19H17N3O6S/c1-27-15-7-6-12(8-16(15)28-2)9-17-18(23)21(19(24)29-17)11-20-13-4-3-5-14(10-13)22(25)26/h3-10,20H,11H2,1-2H3/b17-9+. The third-order valence-electron chi connectivity index (χ3n) is 4.08. The Balaban J connectivity index is 1.73. The van der Waals surface area contributed by atoms with Crippen LogP contribution >= 0.6 is 11.8 Å². The molecule has 0 saturated carbocycles. The Bertz CT molecular complexity index is 1010. The third-order valence-corrected chi connectivity index (χ3v) is 4.98. The van der Waals surface area contributed by atoms with Crippen molar-refractivity contribution >= 4 is 40.4 Å². The van der Waals surface area contributed by atoms with Gasteiger partial charge in [-0.25, -0.2) is 0 Å². The molecule has 1 aliphatic rings. The molecule has 1 heterocycles. The number of carbonyl (C=O) groups excluding carboxylic acids is 2. The lowest BCUT2D eigenvalue weighted by Gasteiger charge is -2.14. The van der Waals surface area contributed by atoms with E-state index in [1.165, 1.54) is 32.4 Å². The van der Waals surface area contributed by atoms with Gasteiger partial charge >= 0.3 is 0 Å². The summed E-state index contributed by atoms with van der Waals surface area (Å²) in [7, 11) is 3.03. The minimum atomic E-state index is -0.517. The van der Waals surface area contributed by atoms with Crippen LogP contribution in [0.25, 0.3) is 6.08 Å². The van der Waals surface area contributed by atoms with Crippen molar-refractivity contribution in [3.8, 4) is 11.5 Å². The first-order chi connectivity index (χ1) is 13.9. The number of benzene rings is 2. The summed E-state index contributed by atoms with van der Waals surface area (Å²) in [5, 5.41) is 13.3. The summed E-state index contributed by atoms with van der Waals surface area (Å²) >= 11 is 0.821. The van der Waals surface area contributed by atoms with Gasteiger partial charge in [0, 0.05) is 17.8 Å². The molecule has 1 aliphatic heterocycles. The summed E-state index contributed by atoms with van der Waals surface area (Å²) in [6, 6.07) is 11.0. The second-order valence-corrected chi connectivity index (χ2v) is 6.86. The van der Waals surface area contributed by atoms with Gasteiger partial charge in [-0.1, -0.05) is 12.1 Å². The number of methoxy groups -OCH3 is 2. The fraction of sp³-hybridized carbons (Fsp3) is 0.158. The van der Waals surface area contributed by atoms with E-state index in [1.54, 1.807) is 30.3 Å². The predicted molar refractivity (Wildman–Crippen MR) is 109 cm³/mol. The van der Waals surface area contributed by atoms with Gasteiger partial charge in [-0.2, -0.15) is 0 Å². The van der Waals surface area contributed by atoms with Crippen LogP contribution in [0.2, 0.25) is 0 Å². The lowest BCUT2D eigenvalue weighted by molar-refractivity contribution is -0.384. The number of thioether (sulfide) groups is 1.